The first-order valence-electron chi connectivity index (χ1n) is 9.07. The summed E-state index contributed by atoms with van der Waals surface area (Å²) in [5.74, 6) is 0.855. The minimum Gasteiger partial charge on any atom is -0.494 e. The smallest absolute Gasteiger partial charge is 0.220 e. The molecular weight excluding hydrogens is 340 g/mol. The van der Waals surface area contributed by atoms with Crippen molar-refractivity contribution in [2.24, 2.45) is 7.05 Å². The van der Waals surface area contributed by atoms with Gasteiger partial charge in [0.25, 0.3) is 0 Å². The fraction of sp³-hybridized carbons (Fsp3) is 0.286. The van der Waals surface area contributed by atoms with E-state index in [0.29, 0.717) is 26.0 Å². The number of nitrogens with zero attached hydrogens (tertiary/aromatic N) is 3. The molecule has 1 amide bonds. The summed E-state index contributed by atoms with van der Waals surface area (Å²) in [7, 11) is 1.89. The Morgan fingerprint density at radius 2 is 2.07 bits per heavy atom. The van der Waals surface area contributed by atoms with Crippen LogP contribution in [0.15, 0.2) is 55.0 Å². The maximum atomic E-state index is 12.2. The summed E-state index contributed by atoms with van der Waals surface area (Å²) in [5.41, 5.74) is 3.97. The molecule has 0 saturated carbocycles. The summed E-state index contributed by atoms with van der Waals surface area (Å²) in [4.78, 5) is 16.5. The molecule has 0 aliphatic carbocycles. The minimum absolute atomic E-state index is 0.00670. The number of pyridine rings is 1. The Morgan fingerprint density at radius 3 is 2.85 bits per heavy atom. The lowest BCUT2D eigenvalue weighted by atomic mass is 10.1. The molecule has 0 atom stereocenters. The fourth-order valence-corrected chi connectivity index (χ4v) is 2.93. The Balaban J connectivity index is 1.55. The number of hydrogen-bond donors (Lipinski definition) is 1. The van der Waals surface area contributed by atoms with E-state index in [0.717, 1.165) is 28.1 Å². The normalized spacial score (nSPS) is 10.6. The second kappa shape index (κ2) is 8.98. The van der Waals surface area contributed by atoms with Crippen molar-refractivity contribution >= 4 is 5.91 Å². The zero-order valence-electron chi connectivity index (χ0n) is 15.7. The molecule has 0 aliphatic heterocycles. The largest absolute Gasteiger partial charge is 0.494 e. The van der Waals surface area contributed by atoms with E-state index < -0.39 is 0 Å². The van der Waals surface area contributed by atoms with Gasteiger partial charge in [0.05, 0.1) is 12.3 Å². The van der Waals surface area contributed by atoms with Crippen molar-refractivity contribution in [2.75, 3.05) is 6.61 Å². The highest BCUT2D eigenvalue weighted by Gasteiger charge is 2.08. The number of ether oxygens (including phenoxy) is 1. The van der Waals surface area contributed by atoms with Gasteiger partial charge in [-0.2, -0.15) is 5.10 Å². The quantitative estimate of drug-likeness (QED) is 0.667. The Kier molecular flexibility index (Phi) is 6.20. The summed E-state index contributed by atoms with van der Waals surface area (Å²) in [6, 6.07) is 11.8. The van der Waals surface area contributed by atoms with Gasteiger partial charge in [0, 0.05) is 44.2 Å². The number of aromatic nitrogens is 3. The van der Waals surface area contributed by atoms with Gasteiger partial charge in [-0.3, -0.25) is 14.5 Å². The van der Waals surface area contributed by atoms with Gasteiger partial charge in [-0.15, -0.1) is 0 Å². The summed E-state index contributed by atoms with van der Waals surface area (Å²) in [6.45, 7) is 3.02. The molecule has 3 rings (SSSR count). The third-order valence-corrected chi connectivity index (χ3v) is 4.30. The van der Waals surface area contributed by atoms with Gasteiger partial charge in [0.1, 0.15) is 5.75 Å². The van der Waals surface area contributed by atoms with Crippen LogP contribution in [0.1, 0.15) is 24.5 Å². The van der Waals surface area contributed by atoms with Crippen LogP contribution in [-0.4, -0.2) is 27.3 Å². The number of para-hydroxylation sites is 1. The molecule has 27 heavy (non-hydrogen) atoms. The maximum Gasteiger partial charge on any atom is 0.220 e. The van der Waals surface area contributed by atoms with Crippen LogP contribution in [0.25, 0.3) is 11.3 Å². The first kappa shape index (κ1) is 18.6. The highest BCUT2D eigenvalue weighted by Crippen LogP contribution is 2.20. The van der Waals surface area contributed by atoms with Crippen molar-refractivity contribution in [2.45, 2.75) is 26.3 Å². The molecule has 0 spiro atoms. The lowest BCUT2D eigenvalue weighted by molar-refractivity contribution is -0.121. The first-order chi connectivity index (χ1) is 13.2. The SMILES string of the molecule is CCOc1ccccc1CCC(=O)NCc1cncc(-c2ccnn2C)c1. The Morgan fingerprint density at radius 1 is 1.22 bits per heavy atom. The lowest BCUT2D eigenvalue weighted by Crippen LogP contribution is -2.23. The molecule has 0 aliphatic rings. The highest BCUT2D eigenvalue weighted by atomic mass is 16.5. The number of nitrogens with one attached hydrogen (secondary N) is 1. The van der Waals surface area contributed by atoms with E-state index >= 15 is 0 Å². The van der Waals surface area contributed by atoms with Crippen LogP contribution in [0, 0.1) is 0 Å². The molecule has 1 aromatic carbocycles. The average molecular weight is 364 g/mol. The van der Waals surface area contributed by atoms with Crippen LogP contribution in [0.4, 0.5) is 0 Å². The van der Waals surface area contributed by atoms with Crippen LogP contribution in [0.2, 0.25) is 0 Å². The summed E-state index contributed by atoms with van der Waals surface area (Å²) in [5, 5.41) is 7.14. The van der Waals surface area contributed by atoms with Gasteiger partial charge < -0.3 is 10.1 Å². The van der Waals surface area contributed by atoms with Crippen molar-refractivity contribution in [3.8, 4) is 17.0 Å². The average Bonchev–Trinajstić information content (AvgIpc) is 3.12. The third-order valence-electron chi connectivity index (χ3n) is 4.30. The molecule has 6 nitrogen and oxygen atoms in total. The number of carbonyl (C=O) groups excluding carboxylic acids is 1. The molecule has 6 heteroatoms. The van der Waals surface area contributed by atoms with Crippen molar-refractivity contribution in [3.05, 3.63) is 66.1 Å². The maximum absolute atomic E-state index is 12.2. The topological polar surface area (TPSA) is 69.0 Å². The summed E-state index contributed by atoms with van der Waals surface area (Å²) >= 11 is 0. The molecule has 0 unspecified atom stereocenters. The third kappa shape index (κ3) is 4.94. The number of amides is 1. The van der Waals surface area contributed by atoms with Crippen LogP contribution >= 0.6 is 0 Å². The number of rotatable bonds is 8. The molecule has 0 saturated heterocycles. The van der Waals surface area contributed by atoms with Crippen molar-refractivity contribution in [1.82, 2.24) is 20.1 Å². The van der Waals surface area contributed by atoms with Crippen LogP contribution < -0.4 is 10.1 Å². The van der Waals surface area contributed by atoms with Gasteiger partial charge in [0.2, 0.25) is 5.91 Å². The van der Waals surface area contributed by atoms with Gasteiger partial charge in [0.15, 0.2) is 0 Å². The van der Waals surface area contributed by atoms with E-state index in [1.54, 1.807) is 23.3 Å². The Hall–Kier alpha value is -3.15. The first-order valence-corrected chi connectivity index (χ1v) is 9.07. The monoisotopic (exact) mass is 364 g/mol. The molecule has 1 N–H and O–H groups in total. The van der Waals surface area contributed by atoms with Crippen molar-refractivity contribution in [3.63, 3.8) is 0 Å². The zero-order valence-corrected chi connectivity index (χ0v) is 15.7. The van der Waals surface area contributed by atoms with Crippen LogP contribution in [-0.2, 0) is 24.8 Å². The zero-order chi connectivity index (χ0) is 19.1. The van der Waals surface area contributed by atoms with Crippen molar-refractivity contribution in [1.29, 1.82) is 0 Å². The molecular formula is C21H24N4O2. The number of hydrogen-bond acceptors (Lipinski definition) is 4. The van der Waals surface area contributed by atoms with Crippen LogP contribution in [0.3, 0.4) is 0 Å². The van der Waals surface area contributed by atoms with E-state index in [2.05, 4.69) is 15.4 Å². The Labute approximate surface area is 159 Å². The van der Waals surface area contributed by atoms with E-state index in [4.69, 9.17) is 4.74 Å². The molecule has 3 aromatic rings. The highest BCUT2D eigenvalue weighted by molar-refractivity contribution is 5.76. The predicted molar refractivity (Wildman–Crippen MR) is 104 cm³/mol. The van der Waals surface area contributed by atoms with Gasteiger partial charge in [-0.1, -0.05) is 18.2 Å². The van der Waals surface area contributed by atoms with Crippen molar-refractivity contribution < 1.29 is 9.53 Å². The molecule has 0 bridgehead atoms. The van der Waals surface area contributed by atoms with Gasteiger partial charge in [-0.25, -0.2) is 0 Å². The molecule has 2 heterocycles. The molecule has 2 aromatic heterocycles. The lowest BCUT2D eigenvalue weighted by Gasteiger charge is -2.10. The molecule has 0 fully saturated rings. The number of aryl methyl sites for hydroxylation is 2. The second-order valence-corrected chi connectivity index (χ2v) is 6.24. The van der Waals surface area contributed by atoms with E-state index in [9.17, 15) is 4.79 Å². The van der Waals surface area contributed by atoms with E-state index in [-0.39, 0.29) is 5.91 Å². The Bertz CT molecular complexity index is 904. The number of carbonyl (C=O) groups is 1. The van der Waals surface area contributed by atoms with Gasteiger partial charge >= 0.3 is 0 Å². The van der Waals surface area contributed by atoms with E-state index in [1.807, 2.05) is 50.4 Å². The van der Waals surface area contributed by atoms with E-state index in [1.165, 1.54) is 0 Å². The minimum atomic E-state index is 0.00670. The number of benzene rings is 1. The predicted octanol–water partition coefficient (Wildman–Crippen LogP) is 3.13. The van der Waals surface area contributed by atoms with Crippen LogP contribution in [0.5, 0.6) is 5.75 Å². The summed E-state index contributed by atoms with van der Waals surface area (Å²) in [6.07, 6.45) is 6.38. The second-order valence-electron chi connectivity index (χ2n) is 6.24. The standard InChI is InChI=1S/C21H24N4O2/c1-3-27-20-7-5-4-6-17(20)8-9-21(26)23-14-16-12-18(15-22-13-16)19-10-11-24-25(19)2/h4-7,10-13,15H,3,8-9,14H2,1-2H3,(H,23,26). The summed E-state index contributed by atoms with van der Waals surface area (Å²) < 4.78 is 7.41. The fourth-order valence-electron chi connectivity index (χ4n) is 2.93. The molecule has 140 valence electrons. The van der Waals surface area contributed by atoms with Gasteiger partial charge in [-0.05, 0) is 42.7 Å². The molecule has 0 radical (unpaired) electrons.